The van der Waals surface area contributed by atoms with Crippen LogP contribution >= 0.6 is 11.6 Å². The Morgan fingerprint density at radius 1 is 1.27 bits per heavy atom. The van der Waals surface area contributed by atoms with Gasteiger partial charge in [0, 0.05) is 18.8 Å². The normalized spacial score (nSPS) is 12.0. The first kappa shape index (κ1) is 16.6. The van der Waals surface area contributed by atoms with Gasteiger partial charge in [0.25, 0.3) is 0 Å². The molecular formula is C17H20ClNO3. The number of rotatable bonds is 6. The summed E-state index contributed by atoms with van der Waals surface area (Å²) >= 11 is 6.17. The highest BCUT2D eigenvalue weighted by atomic mass is 35.5. The number of methoxy groups -OCH3 is 1. The lowest BCUT2D eigenvalue weighted by Gasteiger charge is -2.16. The Labute approximate surface area is 135 Å². The third-order valence-electron chi connectivity index (χ3n) is 3.49. The minimum atomic E-state index is -0.677. The van der Waals surface area contributed by atoms with Gasteiger partial charge in [-0.15, -0.1) is 0 Å². The van der Waals surface area contributed by atoms with Crippen LogP contribution < -0.4 is 9.47 Å². The third-order valence-corrected chi connectivity index (χ3v) is 3.82. The van der Waals surface area contributed by atoms with E-state index in [1.165, 1.54) is 0 Å². The molecule has 0 bridgehead atoms. The lowest BCUT2D eigenvalue weighted by molar-refractivity contribution is 0.177. The summed E-state index contributed by atoms with van der Waals surface area (Å²) in [5.41, 5.74) is 2.62. The first-order chi connectivity index (χ1) is 10.6. The van der Waals surface area contributed by atoms with Gasteiger partial charge in [0.1, 0.15) is 0 Å². The monoisotopic (exact) mass is 321 g/mol. The number of pyridine rings is 1. The summed E-state index contributed by atoms with van der Waals surface area (Å²) in [6.07, 6.45) is 3.08. The Morgan fingerprint density at radius 2 is 2.05 bits per heavy atom. The quantitative estimate of drug-likeness (QED) is 0.881. The van der Waals surface area contributed by atoms with Crippen LogP contribution in [0.3, 0.4) is 0 Å². The molecule has 0 fully saturated rings. The molecule has 2 aromatic rings. The molecule has 0 spiro atoms. The SMILES string of the molecule is CCOc1cc(C(O)Cc2c(C)cncc2Cl)ccc1OC. The van der Waals surface area contributed by atoms with E-state index in [1.807, 2.05) is 19.9 Å². The van der Waals surface area contributed by atoms with Gasteiger partial charge in [-0.3, -0.25) is 4.98 Å². The van der Waals surface area contributed by atoms with Gasteiger partial charge in [0.05, 0.1) is 24.8 Å². The van der Waals surface area contributed by atoms with Crippen LogP contribution in [0.15, 0.2) is 30.6 Å². The number of nitrogens with zero attached hydrogens (tertiary/aromatic N) is 1. The highest BCUT2D eigenvalue weighted by Crippen LogP contribution is 2.32. The third kappa shape index (κ3) is 3.70. The van der Waals surface area contributed by atoms with Gasteiger partial charge in [-0.1, -0.05) is 17.7 Å². The molecule has 0 aliphatic rings. The molecule has 4 nitrogen and oxygen atoms in total. The van der Waals surface area contributed by atoms with E-state index < -0.39 is 6.10 Å². The molecule has 1 unspecified atom stereocenters. The topological polar surface area (TPSA) is 51.6 Å². The molecule has 22 heavy (non-hydrogen) atoms. The van der Waals surface area contributed by atoms with Gasteiger partial charge in [-0.2, -0.15) is 0 Å². The van der Waals surface area contributed by atoms with Crippen molar-refractivity contribution in [2.24, 2.45) is 0 Å². The fraction of sp³-hybridized carbons (Fsp3) is 0.353. The van der Waals surface area contributed by atoms with Crippen LogP contribution in [0.25, 0.3) is 0 Å². The van der Waals surface area contributed by atoms with Gasteiger partial charge in [0.15, 0.2) is 11.5 Å². The van der Waals surface area contributed by atoms with Crippen LogP contribution in [0.1, 0.15) is 29.7 Å². The largest absolute Gasteiger partial charge is 0.493 e. The molecular weight excluding hydrogens is 302 g/mol. The lowest BCUT2D eigenvalue weighted by atomic mass is 9.99. The molecule has 118 valence electrons. The zero-order chi connectivity index (χ0) is 16.1. The Hall–Kier alpha value is -1.78. The highest BCUT2D eigenvalue weighted by molar-refractivity contribution is 6.31. The molecule has 2 rings (SSSR count). The molecule has 1 atom stereocenters. The second-order valence-electron chi connectivity index (χ2n) is 4.98. The maximum Gasteiger partial charge on any atom is 0.161 e. The van der Waals surface area contributed by atoms with Crippen molar-refractivity contribution in [2.75, 3.05) is 13.7 Å². The van der Waals surface area contributed by atoms with Gasteiger partial charge >= 0.3 is 0 Å². The van der Waals surface area contributed by atoms with Crippen LogP contribution in [0, 0.1) is 6.92 Å². The van der Waals surface area contributed by atoms with E-state index >= 15 is 0 Å². The van der Waals surface area contributed by atoms with Crippen LogP contribution in [0.4, 0.5) is 0 Å². The molecule has 1 heterocycles. The molecule has 0 aliphatic carbocycles. The summed E-state index contributed by atoms with van der Waals surface area (Å²) in [6.45, 7) is 4.37. The van der Waals surface area contributed by atoms with E-state index in [0.29, 0.717) is 29.5 Å². The van der Waals surface area contributed by atoms with Gasteiger partial charge in [-0.25, -0.2) is 0 Å². The van der Waals surface area contributed by atoms with Crippen molar-refractivity contribution < 1.29 is 14.6 Å². The number of aromatic nitrogens is 1. The molecule has 1 N–H and O–H groups in total. The highest BCUT2D eigenvalue weighted by Gasteiger charge is 2.15. The summed E-state index contributed by atoms with van der Waals surface area (Å²) in [7, 11) is 1.59. The summed E-state index contributed by atoms with van der Waals surface area (Å²) in [4.78, 5) is 4.04. The second-order valence-corrected chi connectivity index (χ2v) is 5.39. The summed E-state index contributed by atoms with van der Waals surface area (Å²) in [5, 5.41) is 11.1. The minimum Gasteiger partial charge on any atom is -0.493 e. The average molecular weight is 322 g/mol. The second kappa shape index (κ2) is 7.47. The van der Waals surface area contributed by atoms with Crippen LogP contribution in [0.5, 0.6) is 11.5 Å². The number of halogens is 1. The first-order valence-corrected chi connectivity index (χ1v) is 7.52. The Morgan fingerprint density at radius 3 is 2.68 bits per heavy atom. The number of aliphatic hydroxyl groups excluding tert-OH is 1. The Balaban J connectivity index is 2.26. The van der Waals surface area contributed by atoms with Crippen molar-refractivity contribution >= 4 is 11.6 Å². The van der Waals surface area contributed by atoms with Crippen LogP contribution in [0.2, 0.25) is 5.02 Å². The predicted molar refractivity (Wildman–Crippen MR) is 86.8 cm³/mol. The smallest absolute Gasteiger partial charge is 0.161 e. The van der Waals surface area contributed by atoms with Crippen molar-refractivity contribution in [3.8, 4) is 11.5 Å². The molecule has 0 saturated heterocycles. The molecule has 1 aromatic carbocycles. The van der Waals surface area contributed by atoms with E-state index in [-0.39, 0.29) is 0 Å². The van der Waals surface area contributed by atoms with Gasteiger partial charge in [-0.05, 0) is 42.7 Å². The molecule has 0 saturated carbocycles. The summed E-state index contributed by atoms with van der Waals surface area (Å²) in [5.74, 6) is 1.27. The zero-order valence-corrected chi connectivity index (χ0v) is 13.7. The maximum atomic E-state index is 10.5. The predicted octanol–water partition coefficient (Wildman–Crippen LogP) is 3.73. The Bertz CT molecular complexity index is 626. The van der Waals surface area contributed by atoms with Crippen molar-refractivity contribution in [3.05, 3.63) is 52.3 Å². The van der Waals surface area contributed by atoms with E-state index in [1.54, 1.807) is 31.6 Å². The van der Waals surface area contributed by atoms with Gasteiger partial charge < -0.3 is 14.6 Å². The standard InChI is InChI=1S/C17H20ClNO3/c1-4-22-17-7-12(5-6-16(17)21-3)15(20)8-13-11(2)9-19-10-14(13)18/h5-7,9-10,15,20H,4,8H2,1-3H3. The van der Waals surface area contributed by atoms with E-state index in [9.17, 15) is 5.11 Å². The fourth-order valence-corrected chi connectivity index (χ4v) is 2.58. The molecule has 0 amide bonds. The van der Waals surface area contributed by atoms with Crippen molar-refractivity contribution in [1.29, 1.82) is 0 Å². The number of ether oxygens (including phenoxy) is 2. The average Bonchev–Trinajstić information content (AvgIpc) is 2.51. The number of aryl methyl sites for hydroxylation is 1. The van der Waals surface area contributed by atoms with E-state index in [4.69, 9.17) is 21.1 Å². The zero-order valence-electron chi connectivity index (χ0n) is 13.0. The number of hydrogen-bond acceptors (Lipinski definition) is 4. The minimum absolute atomic E-state index is 0.422. The Kier molecular flexibility index (Phi) is 5.63. The molecule has 1 aromatic heterocycles. The lowest BCUT2D eigenvalue weighted by Crippen LogP contribution is -2.05. The number of benzene rings is 1. The van der Waals surface area contributed by atoms with E-state index in [0.717, 1.165) is 16.7 Å². The van der Waals surface area contributed by atoms with E-state index in [2.05, 4.69) is 4.98 Å². The van der Waals surface area contributed by atoms with Crippen molar-refractivity contribution in [3.63, 3.8) is 0 Å². The molecule has 0 radical (unpaired) electrons. The number of aliphatic hydroxyl groups is 1. The summed E-state index contributed by atoms with van der Waals surface area (Å²) in [6, 6.07) is 5.43. The molecule has 5 heteroatoms. The van der Waals surface area contributed by atoms with Crippen molar-refractivity contribution in [2.45, 2.75) is 26.4 Å². The number of hydrogen-bond donors (Lipinski definition) is 1. The molecule has 0 aliphatic heterocycles. The van der Waals surface area contributed by atoms with Gasteiger partial charge in [0.2, 0.25) is 0 Å². The summed E-state index contributed by atoms with van der Waals surface area (Å²) < 4.78 is 10.8. The first-order valence-electron chi connectivity index (χ1n) is 7.14. The van der Waals surface area contributed by atoms with Crippen LogP contribution in [-0.2, 0) is 6.42 Å². The van der Waals surface area contributed by atoms with Crippen molar-refractivity contribution in [1.82, 2.24) is 4.98 Å². The van der Waals surface area contributed by atoms with Crippen LogP contribution in [-0.4, -0.2) is 23.8 Å². The maximum absolute atomic E-state index is 10.5. The fourth-order valence-electron chi connectivity index (χ4n) is 2.30.